The molecule has 3 aromatic rings. The molecule has 0 bridgehead atoms. The minimum absolute atomic E-state index is 0.304. The molecule has 0 aliphatic carbocycles. The lowest BCUT2D eigenvalue weighted by molar-refractivity contribution is 0.102. The van der Waals surface area contributed by atoms with E-state index >= 15 is 0 Å². The SMILES string of the molecule is NC(=O)Nc1ccc(NC(=O)c2ccn(-c3ccccc3)n2)cc1. The van der Waals surface area contributed by atoms with Crippen molar-refractivity contribution in [3.63, 3.8) is 0 Å². The van der Waals surface area contributed by atoms with Crippen molar-refractivity contribution < 1.29 is 9.59 Å². The van der Waals surface area contributed by atoms with Gasteiger partial charge in [0.05, 0.1) is 5.69 Å². The predicted octanol–water partition coefficient (Wildman–Crippen LogP) is 2.62. The molecule has 0 aliphatic rings. The first-order chi connectivity index (χ1) is 11.6. The minimum atomic E-state index is -0.641. The number of urea groups is 1. The van der Waals surface area contributed by atoms with Crippen LogP contribution in [0.5, 0.6) is 0 Å². The summed E-state index contributed by atoms with van der Waals surface area (Å²) in [6.45, 7) is 0. The Balaban J connectivity index is 1.69. The van der Waals surface area contributed by atoms with E-state index in [4.69, 9.17) is 5.73 Å². The van der Waals surface area contributed by atoms with Gasteiger partial charge in [-0.3, -0.25) is 4.79 Å². The number of benzene rings is 2. The molecule has 0 atom stereocenters. The molecule has 0 unspecified atom stereocenters. The molecule has 0 spiro atoms. The minimum Gasteiger partial charge on any atom is -0.351 e. The monoisotopic (exact) mass is 321 g/mol. The van der Waals surface area contributed by atoms with Crippen LogP contribution in [0.2, 0.25) is 0 Å². The van der Waals surface area contributed by atoms with Crippen molar-refractivity contribution in [3.05, 3.63) is 72.6 Å². The van der Waals surface area contributed by atoms with E-state index in [9.17, 15) is 9.59 Å². The number of carbonyl (C=O) groups excluding carboxylic acids is 2. The van der Waals surface area contributed by atoms with E-state index in [1.807, 2.05) is 30.3 Å². The molecule has 7 nitrogen and oxygen atoms in total. The molecule has 0 saturated heterocycles. The highest BCUT2D eigenvalue weighted by atomic mass is 16.2. The smallest absolute Gasteiger partial charge is 0.316 e. The van der Waals surface area contributed by atoms with Crippen molar-refractivity contribution in [2.75, 3.05) is 10.6 Å². The van der Waals surface area contributed by atoms with E-state index in [0.717, 1.165) is 5.69 Å². The van der Waals surface area contributed by atoms with Gasteiger partial charge in [-0.25, -0.2) is 9.48 Å². The van der Waals surface area contributed by atoms with Crippen LogP contribution in [0.3, 0.4) is 0 Å². The van der Waals surface area contributed by atoms with Crippen LogP contribution in [0.4, 0.5) is 16.2 Å². The molecule has 24 heavy (non-hydrogen) atoms. The zero-order chi connectivity index (χ0) is 16.9. The van der Waals surface area contributed by atoms with Crippen molar-refractivity contribution >= 4 is 23.3 Å². The van der Waals surface area contributed by atoms with Gasteiger partial charge in [0, 0.05) is 17.6 Å². The normalized spacial score (nSPS) is 10.2. The van der Waals surface area contributed by atoms with Gasteiger partial charge in [0.2, 0.25) is 0 Å². The number of carbonyl (C=O) groups is 2. The Hall–Kier alpha value is -3.61. The summed E-state index contributed by atoms with van der Waals surface area (Å²) in [5, 5.41) is 9.46. The van der Waals surface area contributed by atoms with Gasteiger partial charge in [-0.2, -0.15) is 5.10 Å². The first-order valence-electron chi connectivity index (χ1n) is 7.21. The summed E-state index contributed by atoms with van der Waals surface area (Å²) < 4.78 is 1.63. The molecule has 0 radical (unpaired) electrons. The number of amides is 3. The van der Waals surface area contributed by atoms with Crippen LogP contribution in [0.25, 0.3) is 5.69 Å². The summed E-state index contributed by atoms with van der Waals surface area (Å²) in [7, 11) is 0. The second-order valence-corrected chi connectivity index (χ2v) is 5.00. The number of primary amides is 1. The number of nitrogens with zero attached hydrogens (tertiary/aromatic N) is 2. The van der Waals surface area contributed by atoms with Crippen molar-refractivity contribution in [3.8, 4) is 5.69 Å². The molecule has 7 heteroatoms. The Bertz CT molecular complexity index is 856. The van der Waals surface area contributed by atoms with Gasteiger partial charge in [-0.15, -0.1) is 0 Å². The second kappa shape index (κ2) is 6.66. The van der Waals surface area contributed by atoms with Gasteiger partial charge >= 0.3 is 6.03 Å². The Labute approximate surface area is 138 Å². The summed E-state index contributed by atoms with van der Waals surface area (Å²) in [6.07, 6.45) is 1.73. The van der Waals surface area contributed by atoms with E-state index in [-0.39, 0.29) is 5.91 Å². The number of anilines is 2. The highest BCUT2D eigenvalue weighted by Gasteiger charge is 2.10. The summed E-state index contributed by atoms with van der Waals surface area (Å²) in [4.78, 5) is 23.0. The van der Waals surface area contributed by atoms with E-state index in [1.54, 1.807) is 41.2 Å². The maximum atomic E-state index is 12.2. The number of nitrogens with one attached hydrogen (secondary N) is 2. The quantitative estimate of drug-likeness (QED) is 0.688. The largest absolute Gasteiger partial charge is 0.351 e. The van der Waals surface area contributed by atoms with Crippen molar-refractivity contribution in [2.45, 2.75) is 0 Å². The molecule has 4 N–H and O–H groups in total. The Morgan fingerprint density at radius 3 is 2.12 bits per heavy atom. The molecular weight excluding hydrogens is 306 g/mol. The lowest BCUT2D eigenvalue weighted by atomic mass is 10.2. The lowest BCUT2D eigenvalue weighted by Crippen LogP contribution is -2.19. The Morgan fingerprint density at radius 1 is 0.875 bits per heavy atom. The third kappa shape index (κ3) is 3.58. The number of hydrogen-bond acceptors (Lipinski definition) is 3. The van der Waals surface area contributed by atoms with Crippen molar-refractivity contribution in [1.29, 1.82) is 0 Å². The molecular formula is C17H15N5O2. The zero-order valence-corrected chi connectivity index (χ0v) is 12.6. The van der Waals surface area contributed by atoms with Crippen LogP contribution < -0.4 is 16.4 Å². The van der Waals surface area contributed by atoms with E-state index in [1.165, 1.54) is 0 Å². The standard InChI is InChI=1S/C17H15N5O2/c18-17(24)20-13-8-6-12(7-9-13)19-16(23)15-10-11-22(21-15)14-4-2-1-3-5-14/h1-11H,(H,19,23)(H3,18,20,24). The highest BCUT2D eigenvalue weighted by Crippen LogP contribution is 2.14. The van der Waals surface area contributed by atoms with Crippen molar-refractivity contribution in [2.24, 2.45) is 5.73 Å². The third-order valence-electron chi connectivity index (χ3n) is 3.25. The highest BCUT2D eigenvalue weighted by molar-refractivity contribution is 6.03. The van der Waals surface area contributed by atoms with Crippen LogP contribution in [0.1, 0.15) is 10.5 Å². The first kappa shape index (κ1) is 15.3. The molecule has 0 saturated carbocycles. The van der Waals surface area contributed by atoms with E-state index < -0.39 is 6.03 Å². The van der Waals surface area contributed by atoms with Gasteiger partial charge in [-0.05, 0) is 42.5 Å². The second-order valence-electron chi connectivity index (χ2n) is 5.00. The van der Waals surface area contributed by atoms with Gasteiger partial charge in [-0.1, -0.05) is 18.2 Å². The molecule has 0 fully saturated rings. The fourth-order valence-corrected chi connectivity index (χ4v) is 2.14. The number of rotatable bonds is 4. The number of para-hydroxylation sites is 1. The summed E-state index contributed by atoms with van der Waals surface area (Å²) in [5.74, 6) is -0.319. The fourth-order valence-electron chi connectivity index (χ4n) is 2.14. The Morgan fingerprint density at radius 2 is 1.50 bits per heavy atom. The molecule has 3 rings (SSSR count). The predicted molar refractivity (Wildman–Crippen MR) is 91.2 cm³/mol. The van der Waals surface area contributed by atoms with Gasteiger partial charge in [0.25, 0.3) is 5.91 Å². The average Bonchev–Trinajstić information content (AvgIpc) is 3.07. The summed E-state index contributed by atoms with van der Waals surface area (Å²) in [6, 6.07) is 17.1. The molecule has 2 aromatic carbocycles. The lowest BCUT2D eigenvalue weighted by Gasteiger charge is -2.05. The summed E-state index contributed by atoms with van der Waals surface area (Å²) in [5.41, 5.74) is 7.35. The molecule has 0 aliphatic heterocycles. The zero-order valence-electron chi connectivity index (χ0n) is 12.6. The maximum Gasteiger partial charge on any atom is 0.316 e. The first-order valence-corrected chi connectivity index (χ1v) is 7.21. The third-order valence-corrected chi connectivity index (χ3v) is 3.25. The maximum absolute atomic E-state index is 12.2. The van der Waals surface area contributed by atoms with Gasteiger partial charge < -0.3 is 16.4 Å². The average molecular weight is 321 g/mol. The number of aromatic nitrogens is 2. The summed E-state index contributed by atoms with van der Waals surface area (Å²) >= 11 is 0. The van der Waals surface area contributed by atoms with E-state index in [2.05, 4.69) is 15.7 Å². The van der Waals surface area contributed by atoms with Crippen LogP contribution in [-0.4, -0.2) is 21.7 Å². The molecule has 1 aromatic heterocycles. The fraction of sp³-hybridized carbons (Fsp3) is 0. The van der Waals surface area contributed by atoms with Crippen LogP contribution >= 0.6 is 0 Å². The van der Waals surface area contributed by atoms with Crippen molar-refractivity contribution in [1.82, 2.24) is 9.78 Å². The Kier molecular flexibility index (Phi) is 4.24. The van der Waals surface area contributed by atoms with Crippen LogP contribution in [-0.2, 0) is 0 Å². The molecule has 120 valence electrons. The topological polar surface area (TPSA) is 102 Å². The molecule has 3 amide bonds. The van der Waals surface area contributed by atoms with Crippen LogP contribution in [0.15, 0.2) is 66.9 Å². The van der Waals surface area contributed by atoms with E-state index in [0.29, 0.717) is 17.1 Å². The van der Waals surface area contributed by atoms with Crippen LogP contribution in [0, 0.1) is 0 Å². The van der Waals surface area contributed by atoms with Gasteiger partial charge in [0.1, 0.15) is 0 Å². The number of nitrogens with two attached hydrogens (primary N) is 1. The number of hydrogen-bond donors (Lipinski definition) is 3. The molecule has 1 heterocycles. The van der Waals surface area contributed by atoms with Gasteiger partial charge in [0.15, 0.2) is 5.69 Å².